The summed E-state index contributed by atoms with van der Waals surface area (Å²) in [6.45, 7) is 9.67. The Morgan fingerprint density at radius 2 is 1.71 bits per heavy atom. The molecule has 6 nitrogen and oxygen atoms in total. The van der Waals surface area contributed by atoms with E-state index in [1.54, 1.807) is 19.1 Å². The molecule has 0 atom stereocenters. The van der Waals surface area contributed by atoms with Gasteiger partial charge in [0.15, 0.2) is 0 Å². The average molecular weight is 445 g/mol. The molecule has 1 N–H and O–H groups in total. The van der Waals surface area contributed by atoms with Crippen LogP contribution < -0.4 is 10.1 Å². The molecule has 168 valence electrons. The van der Waals surface area contributed by atoms with E-state index >= 15 is 0 Å². The van der Waals surface area contributed by atoms with Crippen LogP contribution in [-0.4, -0.2) is 44.9 Å². The van der Waals surface area contributed by atoms with Gasteiger partial charge >= 0.3 is 0 Å². The van der Waals surface area contributed by atoms with Crippen molar-refractivity contribution in [3.8, 4) is 5.75 Å². The number of amides is 1. The van der Waals surface area contributed by atoms with Crippen molar-refractivity contribution in [2.75, 3.05) is 26.2 Å². The highest BCUT2D eigenvalue weighted by atomic mass is 32.2. The van der Waals surface area contributed by atoms with Gasteiger partial charge < -0.3 is 10.1 Å². The summed E-state index contributed by atoms with van der Waals surface area (Å²) in [5.74, 6) is 1.01. The summed E-state index contributed by atoms with van der Waals surface area (Å²) in [5, 5.41) is 2.83. The van der Waals surface area contributed by atoms with Crippen molar-refractivity contribution in [2.45, 2.75) is 45.4 Å². The largest absolute Gasteiger partial charge is 0.492 e. The highest BCUT2D eigenvalue weighted by molar-refractivity contribution is 7.89. The highest BCUT2D eigenvalue weighted by Crippen LogP contribution is 2.25. The minimum Gasteiger partial charge on any atom is -0.492 e. The third-order valence-corrected chi connectivity index (χ3v) is 7.58. The van der Waals surface area contributed by atoms with Crippen LogP contribution in [-0.2, 0) is 10.0 Å². The summed E-state index contributed by atoms with van der Waals surface area (Å²) < 4.78 is 33.3. The standard InChI is InChI=1S/C24H32N2O4S/c1-17-7-10-26(11-8-17)31(28,29)22-6-5-20(4)23(16-22)24(27)25-9-12-30-21-14-18(2)13-19(3)15-21/h5-6,13-17H,7-12H2,1-4H3,(H,25,27). The second-order valence-electron chi connectivity index (χ2n) is 8.49. The van der Waals surface area contributed by atoms with E-state index in [0.29, 0.717) is 37.7 Å². The Balaban J connectivity index is 1.63. The molecule has 0 bridgehead atoms. The summed E-state index contributed by atoms with van der Waals surface area (Å²) in [4.78, 5) is 12.9. The predicted octanol–water partition coefficient (Wildman–Crippen LogP) is 3.84. The van der Waals surface area contributed by atoms with Crippen LogP contribution in [0, 0.1) is 26.7 Å². The Kier molecular flexibility index (Phi) is 7.38. The fraction of sp³-hybridized carbons (Fsp3) is 0.458. The molecular weight excluding hydrogens is 412 g/mol. The molecule has 1 amide bonds. The summed E-state index contributed by atoms with van der Waals surface area (Å²) in [6.07, 6.45) is 1.72. The smallest absolute Gasteiger partial charge is 0.251 e. The molecule has 3 rings (SSSR count). The monoisotopic (exact) mass is 444 g/mol. The number of aryl methyl sites for hydroxylation is 3. The topological polar surface area (TPSA) is 75.7 Å². The molecule has 1 aliphatic heterocycles. The second-order valence-corrected chi connectivity index (χ2v) is 10.4. The maximum Gasteiger partial charge on any atom is 0.251 e. The summed E-state index contributed by atoms with van der Waals surface area (Å²) in [5.41, 5.74) is 3.35. The van der Waals surface area contributed by atoms with Gasteiger partial charge in [-0.15, -0.1) is 0 Å². The van der Waals surface area contributed by atoms with Gasteiger partial charge in [-0.3, -0.25) is 4.79 Å². The van der Waals surface area contributed by atoms with Gasteiger partial charge in [0, 0.05) is 18.7 Å². The van der Waals surface area contributed by atoms with Gasteiger partial charge in [-0.2, -0.15) is 4.31 Å². The first-order chi connectivity index (χ1) is 14.7. The second kappa shape index (κ2) is 9.83. The van der Waals surface area contributed by atoms with Crippen molar-refractivity contribution in [1.29, 1.82) is 0 Å². The Bertz CT molecular complexity index is 1020. The van der Waals surface area contributed by atoms with Gasteiger partial charge in [0.25, 0.3) is 5.91 Å². The Hall–Kier alpha value is -2.38. The van der Waals surface area contributed by atoms with Crippen LogP contribution in [0.5, 0.6) is 5.75 Å². The van der Waals surface area contributed by atoms with E-state index in [0.717, 1.165) is 35.3 Å². The molecule has 0 spiro atoms. The van der Waals surface area contributed by atoms with Crippen molar-refractivity contribution >= 4 is 15.9 Å². The SMILES string of the molecule is Cc1cc(C)cc(OCCNC(=O)c2cc(S(=O)(=O)N3CCC(C)CC3)ccc2C)c1. The number of hydrogen-bond donors (Lipinski definition) is 1. The zero-order chi connectivity index (χ0) is 22.6. The minimum absolute atomic E-state index is 0.171. The summed E-state index contributed by atoms with van der Waals surface area (Å²) in [7, 11) is -3.60. The van der Waals surface area contributed by atoms with E-state index < -0.39 is 10.0 Å². The van der Waals surface area contributed by atoms with Gasteiger partial charge in [0.1, 0.15) is 12.4 Å². The number of ether oxygens (including phenoxy) is 1. The lowest BCUT2D eigenvalue weighted by molar-refractivity contribution is 0.0946. The molecule has 2 aromatic rings. The zero-order valence-corrected chi connectivity index (χ0v) is 19.6. The van der Waals surface area contributed by atoms with Gasteiger partial charge in [-0.1, -0.05) is 19.1 Å². The maximum atomic E-state index is 13.0. The molecule has 0 aromatic heterocycles. The molecule has 1 aliphatic rings. The number of hydrogen-bond acceptors (Lipinski definition) is 4. The number of carbonyl (C=O) groups excluding carboxylic acids is 1. The quantitative estimate of drug-likeness (QED) is 0.659. The van der Waals surface area contributed by atoms with E-state index in [-0.39, 0.29) is 10.8 Å². The molecule has 1 saturated heterocycles. The molecule has 0 radical (unpaired) electrons. The lowest BCUT2D eigenvalue weighted by atomic mass is 10.0. The Labute approximate surface area is 185 Å². The lowest BCUT2D eigenvalue weighted by Crippen LogP contribution is -2.38. The van der Waals surface area contributed by atoms with Crippen molar-refractivity contribution in [3.05, 3.63) is 58.7 Å². The molecule has 1 heterocycles. The van der Waals surface area contributed by atoms with E-state index in [1.807, 2.05) is 26.0 Å². The molecule has 31 heavy (non-hydrogen) atoms. The number of rotatable bonds is 7. The van der Waals surface area contributed by atoms with E-state index in [4.69, 9.17) is 4.74 Å². The van der Waals surface area contributed by atoms with Crippen LogP contribution in [0.3, 0.4) is 0 Å². The fourth-order valence-electron chi connectivity index (χ4n) is 3.83. The number of nitrogens with zero attached hydrogens (tertiary/aromatic N) is 1. The Morgan fingerprint density at radius 1 is 1.06 bits per heavy atom. The number of benzene rings is 2. The van der Waals surface area contributed by atoms with E-state index in [1.165, 1.54) is 10.4 Å². The molecule has 0 unspecified atom stereocenters. The van der Waals surface area contributed by atoms with Crippen LogP contribution in [0.4, 0.5) is 0 Å². The molecule has 2 aromatic carbocycles. The first-order valence-electron chi connectivity index (χ1n) is 10.8. The highest BCUT2D eigenvalue weighted by Gasteiger charge is 2.28. The van der Waals surface area contributed by atoms with Gasteiger partial charge in [0.2, 0.25) is 10.0 Å². The molecular formula is C24H32N2O4S. The first-order valence-corrected chi connectivity index (χ1v) is 12.2. The molecule has 1 fully saturated rings. The zero-order valence-electron chi connectivity index (χ0n) is 18.8. The van der Waals surface area contributed by atoms with Crippen LogP contribution in [0.25, 0.3) is 0 Å². The predicted molar refractivity (Wildman–Crippen MR) is 122 cm³/mol. The average Bonchev–Trinajstić information content (AvgIpc) is 2.71. The maximum absolute atomic E-state index is 13.0. The van der Waals surface area contributed by atoms with Gasteiger partial charge in [-0.25, -0.2) is 8.42 Å². The first kappa shape index (κ1) is 23.3. The summed E-state index contributed by atoms with van der Waals surface area (Å²) in [6, 6.07) is 10.7. The molecule has 0 saturated carbocycles. The number of piperidine rings is 1. The molecule has 0 aliphatic carbocycles. The van der Waals surface area contributed by atoms with Crippen LogP contribution in [0.1, 0.15) is 46.8 Å². The normalized spacial score (nSPS) is 15.6. The third kappa shape index (κ3) is 5.86. The van der Waals surface area contributed by atoms with Crippen molar-refractivity contribution in [1.82, 2.24) is 9.62 Å². The van der Waals surface area contributed by atoms with Crippen molar-refractivity contribution < 1.29 is 17.9 Å². The van der Waals surface area contributed by atoms with Crippen LogP contribution in [0.2, 0.25) is 0 Å². The van der Waals surface area contributed by atoms with Crippen LogP contribution in [0.15, 0.2) is 41.3 Å². The van der Waals surface area contributed by atoms with Gasteiger partial charge in [0.05, 0.1) is 11.4 Å². The number of nitrogens with one attached hydrogen (secondary N) is 1. The lowest BCUT2D eigenvalue weighted by Gasteiger charge is -2.29. The third-order valence-electron chi connectivity index (χ3n) is 5.69. The minimum atomic E-state index is -3.60. The van der Waals surface area contributed by atoms with Crippen molar-refractivity contribution in [3.63, 3.8) is 0 Å². The number of carbonyl (C=O) groups is 1. The summed E-state index contributed by atoms with van der Waals surface area (Å²) >= 11 is 0. The number of sulfonamides is 1. The van der Waals surface area contributed by atoms with Crippen LogP contribution >= 0.6 is 0 Å². The Morgan fingerprint density at radius 3 is 2.35 bits per heavy atom. The fourth-order valence-corrected chi connectivity index (χ4v) is 5.32. The van der Waals surface area contributed by atoms with Crippen molar-refractivity contribution in [2.24, 2.45) is 5.92 Å². The molecule has 7 heteroatoms. The van der Waals surface area contributed by atoms with E-state index in [9.17, 15) is 13.2 Å². The van der Waals surface area contributed by atoms with E-state index in [2.05, 4.69) is 18.3 Å². The van der Waals surface area contributed by atoms with Gasteiger partial charge in [-0.05, 0) is 80.5 Å².